The number of hydrogen-bond donors (Lipinski definition) is 2. The van der Waals surface area contributed by atoms with E-state index in [1.54, 1.807) is 17.1 Å². The van der Waals surface area contributed by atoms with E-state index >= 15 is 0 Å². The van der Waals surface area contributed by atoms with Gasteiger partial charge in [-0.25, -0.2) is 4.98 Å². The minimum Gasteiger partial charge on any atom is -0.481 e. The van der Waals surface area contributed by atoms with Crippen molar-refractivity contribution in [2.24, 2.45) is 5.73 Å². The third kappa shape index (κ3) is 4.34. The Morgan fingerprint density at radius 3 is 2.60 bits per heavy atom. The largest absolute Gasteiger partial charge is 0.481 e. The number of aliphatic carboxylic acids is 1. The number of nitrogens with two attached hydrogens (primary N) is 1. The SMILES string of the molecule is CC(C)(C)N(CCC(=O)O)C(=O)c1cn(CCN)cn1. The Hall–Kier alpha value is -1.89. The van der Waals surface area contributed by atoms with E-state index in [9.17, 15) is 9.59 Å². The van der Waals surface area contributed by atoms with Crippen molar-refractivity contribution in [2.45, 2.75) is 39.3 Å². The number of rotatable bonds is 6. The summed E-state index contributed by atoms with van der Waals surface area (Å²) < 4.78 is 1.74. The van der Waals surface area contributed by atoms with Gasteiger partial charge in [0.15, 0.2) is 0 Å². The topological polar surface area (TPSA) is 101 Å². The highest BCUT2D eigenvalue weighted by Gasteiger charge is 2.28. The second-order valence-electron chi connectivity index (χ2n) is 5.56. The summed E-state index contributed by atoms with van der Waals surface area (Å²) in [4.78, 5) is 28.7. The predicted octanol–water partition coefficient (Wildman–Crippen LogP) is 0.557. The zero-order chi connectivity index (χ0) is 15.3. The molecule has 7 heteroatoms. The molecule has 1 aromatic heterocycles. The first-order valence-electron chi connectivity index (χ1n) is 6.51. The van der Waals surface area contributed by atoms with Crippen LogP contribution in [0.25, 0.3) is 0 Å². The number of aromatic nitrogens is 2. The first-order chi connectivity index (χ1) is 9.25. The Bertz CT molecular complexity index is 476. The Morgan fingerprint density at radius 2 is 2.10 bits per heavy atom. The predicted molar refractivity (Wildman–Crippen MR) is 74.3 cm³/mol. The molecule has 1 aromatic rings. The standard InChI is InChI=1S/C13H22N4O3/c1-13(2,3)17(6-4-11(18)19)12(20)10-8-16(7-5-14)9-15-10/h8-9H,4-7,14H2,1-3H3,(H,18,19). The first-order valence-corrected chi connectivity index (χ1v) is 6.51. The van der Waals surface area contributed by atoms with Crippen LogP contribution in [0.15, 0.2) is 12.5 Å². The van der Waals surface area contributed by atoms with Crippen molar-refractivity contribution in [3.8, 4) is 0 Å². The van der Waals surface area contributed by atoms with Gasteiger partial charge in [-0.1, -0.05) is 0 Å². The van der Waals surface area contributed by atoms with Gasteiger partial charge >= 0.3 is 5.97 Å². The van der Waals surface area contributed by atoms with Gasteiger partial charge in [0.2, 0.25) is 0 Å². The number of imidazole rings is 1. The molecular formula is C13H22N4O3. The number of carbonyl (C=O) groups is 2. The monoisotopic (exact) mass is 282 g/mol. The van der Waals surface area contributed by atoms with Gasteiger partial charge in [-0.15, -0.1) is 0 Å². The lowest BCUT2D eigenvalue weighted by Gasteiger charge is -2.34. The van der Waals surface area contributed by atoms with Crippen LogP contribution in [-0.4, -0.2) is 50.1 Å². The molecular weight excluding hydrogens is 260 g/mol. The summed E-state index contributed by atoms with van der Waals surface area (Å²) in [6.45, 7) is 6.80. The third-order valence-electron chi connectivity index (χ3n) is 2.84. The van der Waals surface area contributed by atoms with Crippen LogP contribution in [0.2, 0.25) is 0 Å². The highest BCUT2D eigenvalue weighted by Crippen LogP contribution is 2.17. The van der Waals surface area contributed by atoms with Crippen LogP contribution < -0.4 is 5.73 Å². The first kappa shape index (κ1) is 16.2. The molecule has 0 aliphatic heterocycles. The van der Waals surface area contributed by atoms with Crippen LogP contribution in [0.5, 0.6) is 0 Å². The van der Waals surface area contributed by atoms with Crippen molar-refractivity contribution in [1.29, 1.82) is 0 Å². The Kier molecular flexibility index (Phi) is 5.26. The molecule has 1 rings (SSSR count). The number of hydrogen-bond acceptors (Lipinski definition) is 4. The molecule has 0 radical (unpaired) electrons. The maximum absolute atomic E-state index is 12.4. The molecule has 20 heavy (non-hydrogen) atoms. The Morgan fingerprint density at radius 1 is 1.45 bits per heavy atom. The van der Waals surface area contributed by atoms with E-state index in [-0.39, 0.29) is 18.9 Å². The average molecular weight is 282 g/mol. The molecule has 0 atom stereocenters. The lowest BCUT2D eigenvalue weighted by Crippen LogP contribution is -2.46. The van der Waals surface area contributed by atoms with E-state index in [4.69, 9.17) is 10.8 Å². The van der Waals surface area contributed by atoms with Gasteiger partial charge in [0, 0.05) is 31.4 Å². The number of carboxylic acids is 1. The van der Waals surface area contributed by atoms with E-state index < -0.39 is 11.5 Å². The van der Waals surface area contributed by atoms with Gasteiger partial charge in [0.25, 0.3) is 5.91 Å². The average Bonchev–Trinajstić information content (AvgIpc) is 2.76. The van der Waals surface area contributed by atoms with Crippen LogP contribution in [0, 0.1) is 0 Å². The highest BCUT2D eigenvalue weighted by atomic mass is 16.4. The maximum atomic E-state index is 12.4. The molecule has 1 amide bonds. The van der Waals surface area contributed by atoms with Gasteiger partial charge in [-0.2, -0.15) is 0 Å². The van der Waals surface area contributed by atoms with E-state index in [0.717, 1.165) is 0 Å². The normalized spacial score (nSPS) is 11.4. The van der Waals surface area contributed by atoms with Crippen molar-refractivity contribution < 1.29 is 14.7 Å². The minimum atomic E-state index is -0.930. The summed E-state index contributed by atoms with van der Waals surface area (Å²) in [5, 5.41) is 8.78. The van der Waals surface area contributed by atoms with E-state index in [0.29, 0.717) is 18.8 Å². The van der Waals surface area contributed by atoms with E-state index in [2.05, 4.69) is 4.98 Å². The molecule has 0 fully saturated rings. The highest BCUT2D eigenvalue weighted by molar-refractivity contribution is 5.92. The van der Waals surface area contributed by atoms with Gasteiger partial charge < -0.3 is 20.3 Å². The quantitative estimate of drug-likeness (QED) is 0.793. The molecule has 1 heterocycles. The second-order valence-corrected chi connectivity index (χ2v) is 5.56. The molecule has 0 aliphatic carbocycles. The van der Waals surface area contributed by atoms with Crippen LogP contribution >= 0.6 is 0 Å². The Balaban J connectivity index is 2.88. The fourth-order valence-corrected chi connectivity index (χ4v) is 1.83. The summed E-state index contributed by atoms with van der Waals surface area (Å²) in [5.74, 6) is -1.20. The van der Waals surface area contributed by atoms with Crippen LogP contribution in [0.3, 0.4) is 0 Å². The van der Waals surface area contributed by atoms with Crippen molar-refractivity contribution >= 4 is 11.9 Å². The van der Waals surface area contributed by atoms with Gasteiger partial charge in [-0.05, 0) is 20.8 Å². The molecule has 112 valence electrons. The van der Waals surface area contributed by atoms with E-state index in [1.165, 1.54) is 4.90 Å². The number of nitrogens with zero attached hydrogens (tertiary/aromatic N) is 3. The molecule has 0 spiro atoms. The lowest BCUT2D eigenvalue weighted by atomic mass is 10.0. The van der Waals surface area contributed by atoms with E-state index in [1.807, 2.05) is 20.8 Å². The summed E-state index contributed by atoms with van der Waals surface area (Å²) in [5.41, 5.74) is 5.28. The maximum Gasteiger partial charge on any atom is 0.305 e. The fraction of sp³-hybridized carbons (Fsp3) is 0.615. The smallest absolute Gasteiger partial charge is 0.305 e. The summed E-state index contributed by atoms with van der Waals surface area (Å²) in [6, 6.07) is 0. The number of amides is 1. The lowest BCUT2D eigenvalue weighted by molar-refractivity contribution is -0.137. The summed E-state index contributed by atoms with van der Waals surface area (Å²) >= 11 is 0. The molecule has 7 nitrogen and oxygen atoms in total. The Labute approximate surface area is 118 Å². The van der Waals surface area contributed by atoms with Crippen molar-refractivity contribution in [3.05, 3.63) is 18.2 Å². The second kappa shape index (κ2) is 6.51. The van der Waals surface area contributed by atoms with Gasteiger partial charge in [-0.3, -0.25) is 9.59 Å². The van der Waals surface area contributed by atoms with Gasteiger partial charge in [0.1, 0.15) is 5.69 Å². The molecule has 0 saturated carbocycles. The van der Waals surface area contributed by atoms with Crippen LogP contribution in [-0.2, 0) is 11.3 Å². The molecule has 0 saturated heterocycles. The minimum absolute atomic E-state index is 0.0908. The van der Waals surface area contributed by atoms with Crippen molar-refractivity contribution in [3.63, 3.8) is 0 Å². The molecule has 0 unspecified atom stereocenters. The summed E-state index contributed by atoms with van der Waals surface area (Å²) in [7, 11) is 0. The van der Waals surface area contributed by atoms with Crippen molar-refractivity contribution in [2.75, 3.05) is 13.1 Å². The fourth-order valence-electron chi connectivity index (χ4n) is 1.83. The van der Waals surface area contributed by atoms with Crippen LogP contribution in [0.4, 0.5) is 0 Å². The molecule has 3 N–H and O–H groups in total. The summed E-state index contributed by atoms with van der Waals surface area (Å²) in [6.07, 6.45) is 3.10. The molecule has 0 bridgehead atoms. The van der Waals surface area contributed by atoms with Crippen LogP contribution in [0.1, 0.15) is 37.7 Å². The number of carboxylic acid groups (broad SMARTS) is 1. The number of carbonyl (C=O) groups excluding carboxylic acids is 1. The zero-order valence-corrected chi connectivity index (χ0v) is 12.2. The molecule has 0 aromatic carbocycles. The van der Waals surface area contributed by atoms with Gasteiger partial charge in [0.05, 0.1) is 12.7 Å². The van der Waals surface area contributed by atoms with Crippen molar-refractivity contribution in [1.82, 2.24) is 14.5 Å². The zero-order valence-electron chi connectivity index (χ0n) is 12.2. The molecule has 0 aliphatic rings. The third-order valence-corrected chi connectivity index (χ3v) is 2.84.